The van der Waals surface area contributed by atoms with Crippen molar-refractivity contribution < 1.29 is 23.9 Å². The van der Waals surface area contributed by atoms with Crippen molar-refractivity contribution in [3.8, 4) is 5.75 Å². The third-order valence-electron chi connectivity index (χ3n) is 4.72. The Morgan fingerprint density at radius 3 is 2.61 bits per heavy atom. The van der Waals surface area contributed by atoms with E-state index in [-0.39, 0.29) is 24.7 Å². The van der Waals surface area contributed by atoms with Crippen molar-refractivity contribution in [2.45, 2.75) is 31.6 Å². The van der Waals surface area contributed by atoms with Gasteiger partial charge in [0.15, 0.2) is 6.10 Å². The Balaban J connectivity index is 1.70. The summed E-state index contributed by atoms with van der Waals surface area (Å²) < 4.78 is 10.7. The molecule has 2 atom stereocenters. The number of benzene rings is 2. The van der Waals surface area contributed by atoms with Gasteiger partial charge < -0.3 is 20.0 Å². The molecule has 2 amide bonds. The second-order valence-electron chi connectivity index (χ2n) is 7.01. The lowest BCUT2D eigenvalue weighted by molar-refractivity contribution is -0.132. The van der Waals surface area contributed by atoms with Crippen LogP contribution in [-0.4, -0.2) is 47.9 Å². The van der Waals surface area contributed by atoms with E-state index in [1.54, 1.807) is 13.2 Å². The lowest BCUT2D eigenvalue weighted by Gasteiger charge is -2.25. The van der Waals surface area contributed by atoms with Crippen molar-refractivity contribution in [3.05, 3.63) is 65.7 Å². The molecule has 1 unspecified atom stereocenters. The molecule has 3 rings (SSSR count). The summed E-state index contributed by atoms with van der Waals surface area (Å²) >= 11 is 5.86. The molecule has 31 heavy (non-hydrogen) atoms. The van der Waals surface area contributed by atoms with Crippen LogP contribution in [0.1, 0.15) is 17.5 Å². The highest BCUT2D eigenvalue weighted by atomic mass is 35.5. The fraction of sp³-hybridized carbons (Fsp3) is 0.318. The van der Waals surface area contributed by atoms with E-state index in [1.165, 1.54) is 0 Å². The predicted octanol–water partition coefficient (Wildman–Crippen LogP) is 3.07. The number of carbonyl (C=O) groups excluding carboxylic acids is 2. The number of para-hydroxylation sites is 1. The maximum Gasteiger partial charge on any atom is 0.417 e. The molecule has 2 N–H and O–H groups in total. The minimum absolute atomic E-state index is 0.0218. The SMILES string of the molecule is COc1ccccc1C[C@H](N)C(=O)N(CC1CC(Cl)=NO1)C(=O)OCc1ccccc1. The van der Waals surface area contributed by atoms with E-state index in [9.17, 15) is 9.59 Å². The first kappa shape index (κ1) is 22.6. The van der Waals surface area contributed by atoms with Crippen molar-refractivity contribution in [1.29, 1.82) is 0 Å². The molecule has 0 bridgehead atoms. The topological polar surface area (TPSA) is 103 Å². The Hall–Kier alpha value is -3.10. The standard InChI is InChI=1S/C22H24ClN3O5/c1-29-19-10-6-5-9-16(19)11-18(24)21(27)26(13-17-12-20(23)25-31-17)22(28)30-14-15-7-3-2-4-8-15/h2-10,17-18H,11-14,24H2,1H3/t17?,18-/m0/s1. The summed E-state index contributed by atoms with van der Waals surface area (Å²) in [5.41, 5.74) is 7.72. The van der Waals surface area contributed by atoms with Crippen molar-refractivity contribution in [1.82, 2.24) is 4.90 Å². The Bertz CT molecular complexity index is 938. The summed E-state index contributed by atoms with van der Waals surface area (Å²) in [5, 5.41) is 3.93. The number of rotatable bonds is 8. The molecule has 0 aliphatic carbocycles. The smallest absolute Gasteiger partial charge is 0.417 e. The molecule has 0 spiro atoms. The van der Waals surface area contributed by atoms with Gasteiger partial charge in [0.2, 0.25) is 5.91 Å². The van der Waals surface area contributed by atoms with Crippen LogP contribution in [0.3, 0.4) is 0 Å². The van der Waals surface area contributed by atoms with Gasteiger partial charge in [0.25, 0.3) is 0 Å². The quantitative estimate of drug-likeness (QED) is 0.669. The van der Waals surface area contributed by atoms with Gasteiger partial charge in [-0.1, -0.05) is 65.3 Å². The molecule has 8 nitrogen and oxygen atoms in total. The average molecular weight is 446 g/mol. The van der Waals surface area contributed by atoms with E-state index < -0.39 is 24.1 Å². The molecule has 0 saturated carbocycles. The van der Waals surface area contributed by atoms with Crippen LogP contribution in [0.5, 0.6) is 5.75 Å². The zero-order valence-electron chi connectivity index (χ0n) is 17.1. The first-order chi connectivity index (χ1) is 15.0. The first-order valence-corrected chi connectivity index (χ1v) is 10.1. The van der Waals surface area contributed by atoms with Crippen LogP contribution in [0.15, 0.2) is 59.8 Å². The predicted molar refractivity (Wildman–Crippen MR) is 116 cm³/mol. The zero-order chi connectivity index (χ0) is 22.2. The third kappa shape index (κ3) is 6.19. The number of oxime groups is 1. The van der Waals surface area contributed by atoms with Crippen molar-refractivity contribution in [2.75, 3.05) is 13.7 Å². The maximum absolute atomic E-state index is 13.1. The molecular weight excluding hydrogens is 422 g/mol. The van der Waals surface area contributed by atoms with Gasteiger partial charge >= 0.3 is 6.09 Å². The number of ether oxygens (including phenoxy) is 2. The van der Waals surface area contributed by atoms with Gasteiger partial charge in [-0.05, 0) is 17.2 Å². The van der Waals surface area contributed by atoms with Crippen molar-refractivity contribution in [3.63, 3.8) is 0 Å². The zero-order valence-corrected chi connectivity index (χ0v) is 17.8. The first-order valence-electron chi connectivity index (χ1n) is 9.75. The lowest BCUT2D eigenvalue weighted by atomic mass is 10.0. The Morgan fingerprint density at radius 1 is 1.23 bits per heavy atom. The summed E-state index contributed by atoms with van der Waals surface area (Å²) in [5.74, 6) is 0.0267. The summed E-state index contributed by atoms with van der Waals surface area (Å²) in [6.45, 7) is -0.0558. The minimum Gasteiger partial charge on any atom is -0.496 e. The number of methoxy groups -OCH3 is 1. The van der Waals surface area contributed by atoms with E-state index in [4.69, 9.17) is 31.6 Å². The number of imide groups is 1. The van der Waals surface area contributed by atoms with Gasteiger partial charge in [-0.25, -0.2) is 9.69 Å². The lowest BCUT2D eigenvalue weighted by Crippen LogP contribution is -2.50. The molecule has 2 aromatic carbocycles. The van der Waals surface area contributed by atoms with Gasteiger partial charge in [-0.3, -0.25) is 4.79 Å². The summed E-state index contributed by atoms with van der Waals surface area (Å²) in [6.07, 6.45) is -0.886. The maximum atomic E-state index is 13.1. The molecule has 0 saturated heterocycles. The molecule has 164 valence electrons. The normalized spacial score (nSPS) is 16.1. The Morgan fingerprint density at radius 2 is 1.94 bits per heavy atom. The molecule has 1 aliphatic heterocycles. The second-order valence-corrected chi connectivity index (χ2v) is 7.45. The summed E-state index contributed by atoms with van der Waals surface area (Å²) in [6, 6.07) is 15.4. The second kappa shape index (κ2) is 10.8. The Kier molecular flexibility index (Phi) is 7.86. The van der Waals surface area contributed by atoms with Crippen molar-refractivity contribution in [2.24, 2.45) is 10.9 Å². The van der Waals surface area contributed by atoms with E-state index in [0.29, 0.717) is 12.2 Å². The van der Waals surface area contributed by atoms with E-state index in [1.807, 2.05) is 48.5 Å². The Labute approximate surface area is 185 Å². The third-order valence-corrected chi connectivity index (χ3v) is 4.95. The van der Waals surface area contributed by atoms with Gasteiger partial charge in [-0.2, -0.15) is 0 Å². The van der Waals surface area contributed by atoms with Crippen LogP contribution in [0, 0.1) is 0 Å². The van der Waals surface area contributed by atoms with Crippen LogP contribution in [-0.2, 0) is 27.4 Å². The summed E-state index contributed by atoms with van der Waals surface area (Å²) in [7, 11) is 1.54. The van der Waals surface area contributed by atoms with Crippen molar-refractivity contribution >= 4 is 28.8 Å². The number of amides is 2. The molecule has 2 aromatic rings. The largest absolute Gasteiger partial charge is 0.496 e. The van der Waals surface area contributed by atoms with Gasteiger partial charge in [0, 0.05) is 12.8 Å². The van der Waals surface area contributed by atoms with Crippen LogP contribution in [0.25, 0.3) is 0 Å². The fourth-order valence-electron chi connectivity index (χ4n) is 3.14. The summed E-state index contributed by atoms with van der Waals surface area (Å²) in [4.78, 5) is 32.0. The highest BCUT2D eigenvalue weighted by Crippen LogP contribution is 2.20. The molecule has 0 fully saturated rings. The van der Waals surface area contributed by atoms with Gasteiger partial charge in [-0.15, -0.1) is 0 Å². The monoisotopic (exact) mass is 445 g/mol. The number of carbonyl (C=O) groups is 2. The average Bonchev–Trinajstić information content (AvgIpc) is 3.21. The van der Waals surface area contributed by atoms with Crippen LogP contribution in [0.4, 0.5) is 4.79 Å². The van der Waals surface area contributed by atoms with E-state index >= 15 is 0 Å². The van der Waals surface area contributed by atoms with Gasteiger partial charge in [0.05, 0.1) is 19.7 Å². The van der Waals surface area contributed by atoms with Crippen LogP contribution >= 0.6 is 11.6 Å². The molecule has 9 heteroatoms. The number of hydrogen-bond donors (Lipinski definition) is 1. The number of nitrogens with zero attached hydrogens (tertiary/aromatic N) is 2. The van der Waals surface area contributed by atoms with Crippen LogP contribution in [0.2, 0.25) is 0 Å². The molecule has 0 aromatic heterocycles. The number of halogens is 1. The van der Waals surface area contributed by atoms with E-state index in [0.717, 1.165) is 16.0 Å². The highest BCUT2D eigenvalue weighted by molar-refractivity contribution is 6.65. The van der Waals surface area contributed by atoms with Gasteiger partial charge in [0.1, 0.15) is 17.5 Å². The number of hydrogen-bond acceptors (Lipinski definition) is 7. The fourth-order valence-corrected chi connectivity index (χ4v) is 3.36. The highest BCUT2D eigenvalue weighted by Gasteiger charge is 2.33. The number of nitrogens with two attached hydrogens (primary N) is 1. The van der Waals surface area contributed by atoms with E-state index in [2.05, 4.69) is 5.16 Å². The molecule has 1 heterocycles. The molecule has 0 radical (unpaired) electrons. The van der Waals surface area contributed by atoms with Crippen LogP contribution < -0.4 is 10.5 Å². The molecule has 1 aliphatic rings. The minimum atomic E-state index is -0.988. The molecular formula is C22H24ClN3O5.